The molecule has 0 amide bonds. The van der Waals surface area contributed by atoms with Gasteiger partial charge >= 0.3 is 0 Å². The molecule has 2 nitrogen and oxygen atoms in total. The van der Waals surface area contributed by atoms with Gasteiger partial charge in [0.1, 0.15) is 11.9 Å². The van der Waals surface area contributed by atoms with Gasteiger partial charge in [0.05, 0.1) is 5.69 Å². The van der Waals surface area contributed by atoms with Crippen molar-refractivity contribution in [2.75, 3.05) is 0 Å². The highest BCUT2D eigenvalue weighted by Gasteiger charge is 2.11. The summed E-state index contributed by atoms with van der Waals surface area (Å²) in [5.41, 5.74) is 0.980. The summed E-state index contributed by atoms with van der Waals surface area (Å²) in [6.07, 6.45) is 2.74. The first-order valence-corrected chi connectivity index (χ1v) is 5.53. The highest BCUT2D eigenvalue weighted by molar-refractivity contribution is 5.22. The van der Waals surface area contributed by atoms with Crippen LogP contribution in [0.3, 0.4) is 0 Å². The van der Waals surface area contributed by atoms with Crippen LogP contribution in [-0.4, -0.2) is 4.98 Å². The van der Waals surface area contributed by atoms with Crippen LogP contribution in [0.15, 0.2) is 54.7 Å². The van der Waals surface area contributed by atoms with Crippen LogP contribution >= 0.6 is 0 Å². The predicted molar refractivity (Wildman–Crippen MR) is 64.3 cm³/mol. The third-order valence-corrected chi connectivity index (χ3v) is 2.41. The van der Waals surface area contributed by atoms with Crippen LogP contribution in [0, 0.1) is 0 Å². The van der Waals surface area contributed by atoms with Crippen molar-refractivity contribution in [3.8, 4) is 5.75 Å². The molecule has 0 fully saturated rings. The number of benzene rings is 1. The Balaban J connectivity index is 2.13. The van der Waals surface area contributed by atoms with E-state index < -0.39 is 0 Å². The zero-order chi connectivity index (χ0) is 11.2. The number of para-hydroxylation sites is 1. The molecule has 0 spiro atoms. The van der Waals surface area contributed by atoms with Crippen LogP contribution in [0.1, 0.15) is 25.1 Å². The summed E-state index contributed by atoms with van der Waals surface area (Å²) in [5.74, 6) is 0.889. The smallest absolute Gasteiger partial charge is 0.140 e. The van der Waals surface area contributed by atoms with Crippen molar-refractivity contribution < 1.29 is 4.74 Å². The Morgan fingerprint density at radius 3 is 2.44 bits per heavy atom. The largest absolute Gasteiger partial charge is 0.484 e. The van der Waals surface area contributed by atoms with Gasteiger partial charge in [0.25, 0.3) is 0 Å². The second-order valence-corrected chi connectivity index (χ2v) is 3.58. The minimum atomic E-state index is 0.0311. The van der Waals surface area contributed by atoms with Gasteiger partial charge in [-0.15, -0.1) is 0 Å². The molecule has 16 heavy (non-hydrogen) atoms. The molecule has 2 rings (SSSR count). The number of nitrogens with zero attached hydrogens (tertiary/aromatic N) is 1. The Kier molecular flexibility index (Phi) is 3.54. The summed E-state index contributed by atoms with van der Waals surface area (Å²) in [6, 6.07) is 15.8. The first-order chi connectivity index (χ1) is 7.90. The van der Waals surface area contributed by atoms with Crippen molar-refractivity contribution in [2.24, 2.45) is 0 Å². The molecule has 2 aromatic rings. The number of aromatic nitrogens is 1. The number of ether oxygens (including phenoxy) is 1. The SMILES string of the molecule is CCC(Oc1ccccc1)c1ccccn1. The van der Waals surface area contributed by atoms with Crippen LogP contribution < -0.4 is 4.74 Å². The van der Waals surface area contributed by atoms with E-state index in [-0.39, 0.29) is 6.10 Å². The quantitative estimate of drug-likeness (QED) is 0.774. The molecule has 0 bridgehead atoms. The lowest BCUT2D eigenvalue weighted by molar-refractivity contribution is 0.196. The third kappa shape index (κ3) is 2.60. The number of hydrogen-bond acceptors (Lipinski definition) is 2. The van der Waals surface area contributed by atoms with Crippen molar-refractivity contribution in [1.82, 2.24) is 4.98 Å². The van der Waals surface area contributed by atoms with Crippen LogP contribution in [0.25, 0.3) is 0 Å². The zero-order valence-electron chi connectivity index (χ0n) is 9.34. The highest BCUT2D eigenvalue weighted by atomic mass is 16.5. The summed E-state index contributed by atoms with van der Waals surface area (Å²) in [6.45, 7) is 2.10. The standard InChI is InChI=1S/C14H15NO/c1-2-14(13-10-6-7-11-15-13)16-12-8-4-3-5-9-12/h3-11,14H,2H2,1H3. The topological polar surface area (TPSA) is 22.1 Å². The average Bonchev–Trinajstić information content (AvgIpc) is 2.38. The third-order valence-electron chi connectivity index (χ3n) is 2.41. The molecule has 0 radical (unpaired) electrons. The molecule has 0 saturated carbocycles. The van der Waals surface area contributed by atoms with Gasteiger partial charge in [-0.05, 0) is 30.7 Å². The Hall–Kier alpha value is -1.83. The van der Waals surface area contributed by atoms with Crippen molar-refractivity contribution in [1.29, 1.82) is 0 Å². The lowest BCUT2D eigenvalue weighted by atomic mass is 10.2. The Labute approximate surface area is 95.9 Å². The van der Waals surface area contributed by atoms with E-state index in [2.05, 4.69) is 11.9 Å². The monoisotopic (exact) mass is 213 g/mol. The maximum Gasteiger partial charge on any atom is 0.140 e. The minimum Gasteiger partial charge on any atom is -0.484 e. The van der Waals surface area contributed by atoms with Crippen LogP contribution in [-0.2, 0) is 0 Å². The molecule has 0 aliphatic rings. The van der Waals surface area contributed by atoms with E-state index in [1.165, 1.54) is 0 Å². The fraction of sp³-hybridized carbons (Fsp3) is 0.214. The first-order valence-electron chi connectivity index (χ1n) is 5.53. The summed E-state index contributed by atoms with van der Waals surface area (Å²) in [5, 5.41) is 0. The van der Waals surface area contributed by atoms with Gasteiger partial charge in [-0.3, -0.25) is 4.98 Å². The van der Waals surface area contributed by atoms with Gasteiger partial charge < -0.3 is 4.74 Å². The lowest BCUT2D eigenvalue weighted by Crippen LogP contribution is -2.07. The molecule has 1 atom stereocenters. The summed E-state index contributed by atoms with van der Waals surface area (Å²) < 4.78 is 5.89. The van der Waals surface area contributed by atoms with E-state index in [0.717, 1.165) is 17.9 Å². The van der Waals surface area contributed by atoms with Crippen molar-refractivity contribution in [2.45, 2.75) is 19.4 Å². The van der Waals surface area contributed by atoms with Crippen molar-refractivity contribution in [3.05, 3.63) is 60.4 Å². The normalized spacial score (nSPS) is 12.1. The first kappa shape index (κ1) is 10.7. The summed E-state index contributed by atoms with van der Waals surface area (Å²) in [4.78, 5) is 4.32. The number of pyridine rings is 1. The molecule has 0 aliphatic carbocycles. The molecule has 1 heterocycles. The molecule has 0 aliphatic heterocycles. The van der Waals surface area contributed by atoms with Crippen LogP contribution in [0.2, 0.25) is 0 Å². The Morgan fingerprint density at radius 2 is 1.81 bits per heavy atom. The van der Waals surface area contributed by atoms with E-state index in [0.29, 0.717) is 0 Å². The molecule has 1 unspecified atom stereocenters. The van der Waals surface area contributed by atoms with E-state index >= 15 is 0 Å². The van der Waals surface area contributed by atoms with E-state index in [4.69, 9.17) is 4.74 Å². The van der Waals surface area contributed by atoms with E-state index in [1.54, 1.807) is 6.20 Å². The molecule has 82 valence electrons. The van der Waals surface area contributed by atoms with Gasteiger partial charge in [-0.1, -0.05) is 31.2 Å². The van der Waals surface area contributed by atoms with E-state index in [9.17, 15) is 0 Å². The second-order valence-electron chi connectivity index (χ2n) is 3.58. The number of hydrogen-bond donors (Lipinski definition) is 0. The second kappa shape index (κ2) is 5.31. The molecule has 1 aromatic carbocycles. The average molecular weight is 213 g/mol. The maximum atomic E-state index is 5.89. The number of rotatable bonds is 4. The van der Waals surface area contributed by atoms with Gasteiger partial charge in [0.2, 0.25) is 0 Å². The summed E-state index contributed by atoms with van der Waals surface area (Å²) in [7, 11) is 0. The zero-order valence-corrected chi connectivity index (χ0v) is 9.34. The van der Waals surface area contributed by atoms with Gasteiger partial charge in [0, 0.05) is 6.20 Å². The molecule has 0 N–H and O–H groups in total. The fourth-order valence-electron chi connectivity index (χ4n) is 1.58. The lowest BCUT2D eigenvalue weighted by Gasteiger charge is -2.16. The molecule has 2 heteroatoms. The Bertz CT molecular complexity index is 413. The summed E-state index contributed by atoms with van der Waals surface area (Å²) >= 11 is 0. The van der Waals surface area contributed by atoms with Gasteiger partial charge in [-0.2, -0.15) is 0 Å². The van der Waals surface area contributed by atoms with E-state index in [1.807, 2.05) is 48.5 Å². The van der Waals surface area contributed by atoms with Crippen molar-refractivity contribution >= 4 is 0 Å². The molecular formula is C14H15NO. The molecule has 1 aromatic heterocycles. The Morgan fingerprint density at radius 1 is 1.06 bits per heavy atom. The predicted octanol–water partition coefficient (Wildman–Crippen LogP) is 3.61. The van der Waals surface area contributed by atoms with Gasteiger partial charge in [-0.25, -0.2) is 0 Å². The maximum absolute atomic E-state index is 5.89. The van der Waals surface area contributed by atoms with Crippen LogP contribution in [0.5, 0.6) is 5.75 Å². The molecule has 0 saturated heterocycles. The fourth-order valence-corrected chi connectivity index (χ4v) is 1.58. The molecular weight excluding hydrogens is 198 g/mol. The highest BCUT2D eigenvalue weighted by Crippen LogP contribution is 2.22. The minimum absolute atomic E-state index is 0.0311. The van der Waals surface area contributed by atoms with Crippen molar-refractivity contribution in [3.63, 3.8) is 0 Å². The van der Waals surface area contributed by atoms with Gasteiger partial charge in [0.15, 0.2) is 0 Å². The van der Waals surface area contributed by atoms with Crippen LogP contribution in [0.4, 0.5) is 0 Å².